The van der Waals surface area contributed by atoms with Gasteiger partial charge in [0.25, 0.3) is 0 Å². The number of aromatic hydroxyl groups is 1. The summed E-state index contributed by atoms with van der Waals surface area (Å²) in [5, 5.41) is 16.4. The molecule has 0 saturated carbocycles. The third-order valence-corrected chi connectivity index (χ3v) is 8.04. The van der Waals surface area contributed by atoms with E-state index in [-0.39, 0.29) is 5.75 Å². The van der Waals surface area contributed by atoms with Crippen molar-refractivity contribution in [3.63, 3.8) is 0 Å². The predicted octanol–water partition coefficient (Wildman–Crippen LogP) is 4.65. The standard InChI is InChI=1S/C31H37N9O/c1-22-3-8-26(41)21-27(22)30-32-13-9-28(36-30)35-29-10-14-33-31(37-29)34-23-4-6-24(7-5-23)39-15-11-25(12-16-39)40-19-17-38(2)18-20-40/h3-10,13-14,21,25,41H,11-12,15-20H2,1-2H3,(H2,32,33,34,35,36,37). The summed E-state index contributed by atoms with van der Waals surface area (Å²) in [6.45, 7) is 8.90. The topological polar surface area (TPSA) is 106 Å². The van der Waals surface area contributed by atoms with Crippen LogP contribution in [-0.2, 0) is 0 Å². The Kier molecular flexibility index (Phi) is 7.93. The summed E-state index contributed by atoms with van der Waals surface area (Å²) in [6, 6.07) is 18.0. The SMILES string of the molecule is Cc1ccc(O)cc1-c1nccc(Nc2ccnc(Nc3ccc(N4CCC(N5CCN(C)CC5)CC4)cc3)n2)n1. The number of piperidine rings is 1. The second-order valence-electron chi connectivity index (χ2n) is 10.9. The first-order valence-electron chi connectivity index (χ1n) is 14.3. The van der Waals surface area contributed by atoms with Crippen LogP contribution in [0.15, 0.2) is 67.0 Å². The van der Waals surface area contributed by atoms with Gasteiger partial charge in [0, 0.05) is 74.6 Å². The van der Waals surface area contributed by atoms with Crippen LogP contribution < -0.4 is 15.5 Å². The summed E-state index contributed by atoms with van der Waals surface area (Å²) in [6.07, 6.45) is 5.83. The largest absolute Gasteiger partial charge is 0.508 e. The molecule has 2 aliphatic rings. The summed E-state index contributed by atoms with van der Waals surface area (Å²) < 4.78 is 0. The zero-order valence-electron chi connectivity index (χ0n) is 23.7. The number of hydrogen-bond donors (Lipinski definition) is 3. The highest BCUT2D eigenvalue weighted by Crippen LogP contribution is 2.27. The molecule has 0 spiro atoms. The molecule has 0 amide bonds. The van der Waals surface area contributed by atoms with Gasteiger partial charge in [0.2, 0.25) is 5.95 Å². The number of aromatic nitrogens is 4. The summed E-state index contributed by atoms with van der Waals surface area (Å²) in [5.41, 5.74) is 3.95. The molecule has 2 aromatic carbocycles. The predicted molar refractivity (Wildman–Crippen MR) is 163 cm³/mol. The van der Waals surface area contributed by atoms with Crippen LogP contribution >= 0.6 is 0 Å². The van der Waals surface area contributed by atoms with Gasteiger partial charge in [-0.3, -0.25) is 4.90 Å². The number of nitrogens with zero attached hydrogens (tertiary/aromatic N) is 7. The Labute approximate surface area is 241 Å². The number of likely N-dealkylation sites (N-methyl/N-ethyl adjacent to an activating group) is 1. The number of benzene rings is 2. The fourth-order valence-corrected chi connectivity index (χ4v) is 5.59. The van der Waals surface area contributed by atoms with Crippen LogP contribution in [0.1, 0.15) is 18.4 Å². The van der Waals surface area contributed by atoms with E-state index in [4.69, 9.17) is 0 Å². The maximum Gasteiger partial charge on any atom is 0.229 e. The minimum Gasteiger partial charge on any atom is -0.508 e. The second kappa shape index (κ2) is 12.1. The van der Waals surface area contributed by atoms with E-state index in [1.54, 1.807) is 36.7 Å². The Morgan fingerprint density at radius 3 is 2.24 bits per heavy atom. The van der Waals surface area contributed by atoms with Crippen molar-refractivity contribution in [1.29, 1.82) is 0 Å². The monoisotopic (exact) mass is 551 g/mol. The van der Waals surface area contributed by atoms with Crippen molar-refractivity contribution in [2.45, 2.75) is 25.8 Å². The van der Waals surface area contributed by atoms with E-state index in [0.717, 1.165) is 29.9 Å². The van der Waals surface area contributed by atoms with E-state index >= 15 is 0 Å². The summed E-state index contributed by atoms with van der Waals surface area (Å²) in [7, 11) is 2.22. The van der Waals surface area contributed by atoms with Gasteiger partial charge in [-0.25, -0.2) is 15.0 Å². The van der Waals surface area contributed by atoms with Gasteiger partial charge in [-0.2, -0.15) is 4.98 Å². The average molecular weight is 552 g/mol. The van der Waals surface area contributed by atoms with E-state index < -0.39 is 0 Å². The first-order valence-corrected chi connectivity index (χ1v) is 14.3. The molecule has 0 bridgehead atoms. The van der Waals surface area contributed by atoms with E-state index in [1.165, 1.54) is 44.7 Å². The lowest BCUT2D eigenvalue weighted by molar-refractivity contribution is 0.0982. The molecule has 2 saturated heterocycles. The van der Waals surface area contributed by atoms with Gasteiger partial charge in [-0.15, -0.1) is 0 Å². The molecule has 0 atom stereocenters. The highest BCUT2D eigenvalue weighted by Gasteiger charge is 2.26. The van der Waals surface area contributed by atoms with Crippen LogP contribution in [0.5, 0.6) is 5.75 Å². The maximum atomic E-state index is 9.90. The average Bonchev–Trinajstić information content (AvgIpc) is 3.00. The zero-order valence-corrected chi connectivity index (χ0v) is 23.7. The van der Waals surface area contributed by atoms with Gasteiger partial charge >= 0.3 is 0 Å². The van der Waals surface area contributed by atoms with Crippen molar-refractivity contribution < 1.29 is 5.11 Å². The highest BCUT2D eigenvalue weighted by molar-refractivity contribution is 5.65. The summed E-state index contributed by atoms with van der Waals surface area (Å²) in [5.74, 6) is 2.41. The number of anilines is 5. The van der Waals surface area contributed by atoms with Crippen molar-refractivity contribution in [3.05, 3.63) is 72.6 Å². The quantitative estimate of drug-likeness (QED) is 0.301. The molecule has 10 nitrogen and oxygen atoms in total. The zero-order chi connectivity index (χ0) is 28.2. The Morgan fingerprint density at radius 1 is 0.780 bits per heavy atom. The first-order chi connectivity index (χ1) is 20.0. The van der Waals surface area contributed by atoms with Gasteiger partial charge in [-0.05, 0) is 80.9 Å². The maximum absolute atomic E-state index is 9.90. The lowest BCUT2D eigenvalue weighted by atomic mass is 10.0. The molecule has 0 unspecified atom stereocenters. The summed E-state index contributed by atoms with van der Waals surface area (Å²) in [4.78, 5) is 25.6. The molecule has 3 N–H and O–H groups in total. The van der Waals surface area contributed by atoms with Gasteiger partial charge in [0.05, 0.1) is 0 Å². The van der Waals surface area contributed by atoms with Crippen LogP contribution in [0, 0.1) is 6.92 Å². The third kappa shape index (κ3) is 6.55. The molecule has 6 rings (SSSR count). The molecule has 2 fully saturated rings. The molecule has 10 heteroatoms. The van der Waals surface area contributed by atoms with Crippen molar-refractivity contribution >= 4 is 29.0 Å². The van der Waals surface area contributed by atoms with Crippen LogP contribution in [-0.4, -0.2) is 87.2 Å². The molecule has 0 radical (unpaired) electrons. The van der Waals surface area contributed by atoms with Crippen molar-refractivity contribution in [2.75, 3.05) is 61.8 Å². The number of rotatable bonds is 7. The molecule has 0 aliphatic carbocycles. The molecule has 41 heavy (non-hydrogen) atoms. The van der Waals surface area contributed by atoms with Gasteiger partial charge < -0.3 is 25.5 Å². The Bertz CT molecular complexity index is 1460. The van der Waals surface area contributed by atoms with Gasteiger partial charge in [0.1, 0.15) is 17.4 Å². The van der Waals surface area contributed by atoms with Crippen LogP contribution in [0.4, 0.5) is 29.0 Å². The molecule has 212 valence electrons. The molecule has 4 aromatic rings. The summed E-state index contributed by atoms with van der Waals surface area (Å²) >= 11 is 0. The minimum absolute atomic E-state index is 0.179. The molecular weight excluding hydrogens is 514 g/mol. The number of nitrogens with one attached hydrogen (secondary N) is 2. The van der Waals surface area contributed by atoms with Crippen LogP contribution in [0.3, 0.4) is 0 Å². The number of piperazine rings is 1. The van der Waals surface area contributed by atoms with Crippen molar-refractivity contribution in [3.8, 4) is 17.1 Å². The molecule has 4 heterocycles. The molecule has 2 aliphatic heterocycles. The Balaban J connectivity index is 1.06. The second-order valence-corrected chi connectivity index (χ2v) is 10.9. The van der Waals surface area contributed by atoms with E-state index in [0.29, 0.717) is 29.5 Å². The highest BCUT2D eigenvalue weighted by atomic mass is 16.3. The number of aryl methyl sites for hydroxylation is 1. The Morgan fingerprint density at radius 2 is 1.49 bits per heavy atom. The minimum atomic E-state index is 0.179. The first kappa shape index (κ1) is 26.9. The van der Waals surface area contributed by atoms with Gasteiger partial charge in [0.15, 0.2) is 5.82 Å². The lowest BCUT2D eigenvalue weighted by Crippen LogP contribution is -2.52. The van der Waals surface area contributed by atoms with E-state index in [2.05, 4.69) is 76.6 Å². The van der Waals surface area contributed by atoms with Gasteiger partial charge in [-0.1, -0.05) is 6.07 Å². The van der Waals surface area contributed by atoms with Crippen molar-refractivity contribution in [1.82, 2.24) is 29.7 Å². The van der Waals surface area contributed by atoms with Crippen LogP contribution in [0.25, 0.3) is 11.4 Å². The molecular formula is C31H37N9O. The Hall–Kier alpha value is -4.28. The third-order valence-electron chi connectivity index (χ3n) is 8.04. The smallest absolute Gasteiger partial charge is 0.229 e. The fraction of sp³-hybridized carbons (Fsp3) is 0.355. The number of phenolic OH excluding ortho intramolecular Hbond substituents is 1. The molecule has 2 aromatic heterocycles. The fourth-order valence-electron chi connectivity index (χ4n) is 5.59. The van der Waals surface area contributed by atoms with E-state index in [1.807, 2.05) is 13.0 Å². The number of hydrogen-bond acceptors (Lipinski definition) is 10. The normalized spacial score (nSPS) is 17.0. The van der Waals surface area contributed by atoms with E-state index in [9.17, 15) is 5.11 Å². The lowest BCUT2D eigenvalue weighted by Gasteiger charge is -2.42. The van der Waals surface area contributed by atoms with Crippen LogP contribution in [0.2, 0.25) is 0 Å². The number of phenols is 1. The van der Waals surface area contributed by atoms with Crippen molar-refractivity contribution in [2.24, 2.45) is 0 Å².